The van der Waals surface area contributed by atoms with E-state index in [9.17, 15) is 30.3 Å². The standard InChI is InChI=1S/C58H101NO8/c1-3-5-7-9-11-13-15-17-19-21-23-25-26-28-29-31-33-35-37-39-41-43-45-47-52(61)51(50-66-58-57(65)56(64)55(63)53(49-60)67-58)59-54(62)48-46-44-42-40-38-36-34-32-30-27-24-22-20-18-16-14-12-10-8-6-4-2/h6,8,12,14,18,20,24,27,32,34,38,40,45,47,51-53,55-58,60-61,63-65H,3-5,7,9-11,13,15-17,19,21-23,25-26,28-31,33,35-37,39,41-44,46,48-50H2,1-2H3,(H,59,62)/b8-6-,14-12-,20-18-,27-24-,34-32-,40-38-,47-45+. The molecule has 1 rings (SSSR count). The number of amides is 1. The number of allylic oxidation sites excluding steroid dienone is 13. The van der Waals surface area contributed by atoms with Gasteiger partial charge in [-0.05, 0) is 70.6 Å². The summed E-state index contributed by atoms with van der Waals surface area (Å²) in [4.78, 5) is 13.0. The molecule has 386 valence electrons. The average molecular weight is 940 g/mol. The molecule has 0 aromatic carbocycles. The van der Waals surface area contributed by atoms with E-state index in [1.807, 2.05) is 6.08 Å². The Kier molecular flexibility index (Phi) is 43.8. The van der Waals surface area contributed by atoms with E-state index in [2.05, 4.69) is 92.1 Å². The first-order valence-corrected chi connectivity index (χ1v) is 27.3. The van der Waals surface area contributed by atoms with Crippen molar-refractivity contribution in [3.8, 4) is 0 Å². The minimum Gasteiger partial charge on any atom is -0.394 e. The third-order valence-corrected chi connectivity index (χ3v) is 12.5. The summed E-state index contributed by atoms with van der Waals surface area (Å²) in [5.74, 6) is -0.220. The Bertz CT molecular complexity index is 1320. The molecule has 0 spiro atoms. The Morgan fingerprint density at radius 1 is 0.522 bits per heavy atom. The first-order valence-electron chi connectivity index (χ1n) is 27.3. The lowest BCUT2D eigenvalue weighted by Crippen LogP contribution is -2.60. The van der Waals surface area contributed by atoms with Crippen molar-refractivity contribution in [1.82, 2.24) is 5.32 Å². The molecule has 6 N–H and O–H groups in total. The number of carbonyl (C=O) groups is 1. The van der Waals surface area contributed by atoms with Gasteiger partial charge in [-0.15, -0.1) is 0 Å². The monoisotopic (exact) mass is 940 g/mol. The summed E-state index contributed by atoms with van der Waals surface area (Å²) in [6.45, 7) is 3.64. The van der Waals surface area contributed by atoms with Gasteiger partial charge in [0.2, 0.25) is 5.91 Å². The van der Waals surface area contributed by atoms with Crippen molar-refractivity contribution in [1.29, 1.82) is 0 Å². The molecular weight excluding hydrogens is 839 g/mol. The van der Waals surface area contributed by atoms with Crippen LogP contribution in [0.25, 0.3) is 0 Å². The summed E-state index contributed by atoms with van der Waals surface area (Å²) in [7, 11) is 0. The number of ether oxygens (including phenoxy) is 2. The molecule has 1 fully saturated rings. The predicted molar refractivity (Wildman–Crippen MR) is 281 cm³/mol. The van der Waals surface area contributed by atoms with Crippen LogP contribution in [0.3, 0.4) is 0 Å². The van der Waals surface area contributed by atoms with Gasteiger partial charge in [0.05, 0.1) is 25.4 Å². The van der Waals surface area contributed by atoms with Gasteiger partial charge in [0, 0.05) is 6.42 Å². The molecule has 1 heterocycles. The van der Waals surface area contributed by atoms with Gasteiger partial charge in [0.1, 0.15) is 24.4 Å². The fraction of sp³-hybridized carbons (Fsp3) is 0.741. The van der Waals surface area contributed by atoms with E-state index in [-0.39, 0.29) is 18.9 Å². The van der Waals surface area contributed by atoms with Gasteiger partial charge in [-0.3, -0.25) is 4.79 Å². The molecule has 0 aliphatic carbocycles. The topological polar surface area (TPSA) is 149 Å². The number of unbranched alkanes of at least 4 members (excludes halogenated alkanes) is 23. The number of hydrogen-bond donors (Lipinski definition) is 6. The maximum Gasteiger partial charge on any atom is 0.220 e. The van der Waals surface area contributed by atoms with Gasteiger partial charge in [-0.25, -0.2) is 0 Å². The van der Waals surface area contributed by atoms with Gasteiger partial charge < -0.3 is 40.3 Å². The lowest BCUT2D eigenvalue weighted by molar-refractivity contribution is -0.302. The fourth-order valence-electron chi connectivity index (χ4n) is 8.16. The third kappa shape index (κ3) is 36.9. The quantitative estimate of drug-likeness (QED) is 0.0261. The van der Waals surface area contributed by atoms with Crippen molar-refractivity contribution in [3.05, 3.63) is 85.1 Å². The Morgan fingerprint density at radius 2 is 0.925 bits per heavy atom. The number of carbonyl (C=O) groups excluding carboxylic acids is 1. The Morgan fingerprint density at radius 3 is 1.37 bits per heavy atom. The summed E-state index contributed by atoms with van der Waals surface area (Å²) < 4.78 is 11.2. The maximum atomic E-state index is 13.0. The second kappa shape index (κ2) is 47.1. The van der Waals surface area contributed by atoms with E-state index in [0.717, 1.165) is 70.6 Å². The van der Waals surface area contributed by atoms with Crippen LogP contribution in [0.4, 0.5) is 0 Å². The molecule has 1 aliphatic heterocycles. The van der Waals surface area contributed by atoms with Crippen LogP contribution in [0.5, 0.6) is 0 Å². The number of rotatable bonds is 45. The van der Waals surface area contributed by atoms with E-state index < -0.39 is 49.5 Å². The molecule has 0 saturated carbocycles. The van der Waals surface area contributed by atoms with Crippen molar-refractivity contribution >= 4 is 5.91 Å². The number of aliphatic hydroxyl groups is 5. The number of aliphatic hydroxyl groups excluding tert-OH is 5. The van der Waals surface area contributed by atoms with Crippen molar-refractivity contribution in [3.63, 3.8) is 0 Å². The largest absolute Gasteiger partial charge is 0.394 e. The Labute approximate surface area is 410 Å². The molecule has 9 nitrogen and oxygen atoms in total. The second-order valence-corrected chi connectivity index (χ2v) is 18.6. The molecular formula is C58H101NO8. The molecule has 0 aromatic heterocycles. The van der Waals surface area contributed by atoms with Gasteiger partial charge in [-0.2, -0.15) is 0 Å². The molecule has 7 unspecified atom stereocenters. The van der Waals surface area contributed by atoms with E-state index in [4.69, 9.17) is 9.47 Å². The average Bonchev–Trinajstić information content (AvgIpc) is 3.33. The zero-order chi connectivity index (χ0) is 48.7. The summed E-state index contributed by atoms with van der Waals surface area (Å²) in [6.07, 6.45) is 59.2. The molecule has 0 bridgehead atoms. The highest BCUT2D eigenvalue weighted by molar-refractivity contribution is 5.76. The van der Waals surface area contributed by atoms with Gasteiger partial charge in [0.25, 0.3) is 0 Å². The van der Waals surface area contributed by atoms with Crippen molar-refractivity contribution in [2.75, 3.05) is 13.2 Å². The zero-order valence-electron chi connectivity index (χ0n) is 42.6. The summed E-state index contributed by atoms with van der Waals surface area (Å²) >= 11 is 0. The second-order valence-electron chi connectivity index (χ2n) is 18.6. The van der Waals surface area contributed by atoms with Crippen LogP contribution in [-0.2, 0) is 14.3 Å². The first kappa shape index (κ1) is 62.4. The molecule has 67 heavy (non-hydrogen) atoms. The molecule has 0 aromatic rings. The van der Waals surface area contributed by atoms with Crippen molar-refractivity contribution in [2.45, 2.75) is 262 Å². The van der Waals surface area contributed by atoms with Crippen LogP contribution >= 0.6 is 0 Å². The van der Waals surface area contributed by atoms with Crippen LogP contribution < -0.4 is 5.32 Å². The Balaban J connectivity index is 2.31. The summed E-state index contributed by atoms with van der Waals surface area (Å²) in [5.41, 5.74) is 0. The Hall–Kier alpha value is -2.63. The van der Waals surface area contributed by atoms with Crippen LogP contribution in [0.1, 0.15) is 219 Å². The van der Waals surface area contributed by atoms with E-state index in [1.54, 1.807) is 6.08 Å². The smallest absolute Gasteiger partial charge is 0.220 e. The SMILES string of the molecule is CC/C=C\C/C=C\C/C=C\C/C=C\C/C=C\C/C=C\CCCCC(=O)NC(COC1OC(CO)C(O)C(O)C1O)C(O)/C=C/CCCCCCCCCCCCCCCCCCCCCCC. The highest BCUT2D eigenvalue weighted by Crippen LogP contribution is 2.23. The molecule has 1 amide bonds. The lowest BCUT2D eigenvalue weighted by atomic mass is 9.99. The van der Waals surface area contributed by atoms with Gasteiger partial charge >= 0.3 is 0 Å². The van der Waals surface area contributed by atoms with E-state index in [0.29, 0.717) is 6.42 Å². The first-order chi connectivity index (χ1) is 32.8. The fourth-order valence-corrected chi connectivity index (χ4v) is 8.16. The molecule has 1 saturated heterocycles. The highest BCUT2D eigenvalue weighted by atomic mass is 16.7. The minimum atomic E-state index is -1.58. The van der Waals surface area contributed by atoms with Gasteiger partial charge in [0.15, 0.2) is 6.29 Å². The van der Waals surface area contributed by atoms with Crippen molar-refractivity contribution in [2.24, 2.45) is 0 Å². The normalized spacial score (nSPS) is 20.4. The summed E-state index contributed by atoms with van der Waals surface area (Å²) in [6, 6.07) is -0.834. The minimum absolute atomic E-state index is 0.210. The third-order valence-electron chi connectivity index (χ3n) is 12.5. The van der Waals surface area contributed by atoms with Crippen LogP contribution in [0.2, 0.25) is 0 Å². The lowest BCUT2D eigenvalue weighted by Gasteiger charge is -2.40. The van der Waals surface area contributed by atoms with Crippen LogP contribution in [0, 0.1) is 0 Å². The zero-order valence-corrected chi connectivity index (χ0v) is 42.6. The molecule has 0 radical (unpaired) electrons. The maximum absolute atomic E-state index is 13.0. The predicted octanol–water partition coefficient (Wildman–Crippen LogP) is 13.1. The summed E-state index contributed by atoms with van der Waals surface area (Å²) in [5, 5.41) is 54.4. The van der Waals surface area contributed by atoms with Crippen LogP contribution in [0.15, 0.2) is 85.1 Å². The molecule has 9 heteroatoms. The molecule has 7 atom stereocenters. The number of hydrogen-bond acceptors (Lipinski definition) is 8. The van der Waals surface area contributed by atoms with Crippen LogP contribution in [-0.4, -0.2) is 87.5 Å². The molecule has 1 aliphatic rings. The van der Waals surface area contributed by atoms with E-state index >= 15 is 0 Å². The van der Waals surface area contributed by atoms with Gasteiger partial charge in [-0.1, -0.05) is 227 Å². The van der Waals surface area contributed by atoms with Crippen molar-refractivity contribution < 1.29 is 39.8 Å². The highest BCUT2D eigenvalue weighted by Gasteiger charge is 2.44. The number of nitrogens with one attached hydrogen (secondary N) is 1. The van der Waals surface area contributed by atoms with E-state index in [1.165, 1.54) is 122 Å².